The zero-order valence-electron chi connectivity index (χ0n) is 11.2. The summed E-state index contributed by atoms with van der Waals surface area (Å²) in [5.74, 6) is 5.78. The van der Waals surface area contributed by atoms with Crippen molar-refractivity contribution in [3.8, 4) is 11.8 Å². The minimum Gasteiger partial charge on any atom is -0.389 e. The van der Waals surface area contributed by atoms with Crippen LogP contribution in [0, 0.1) is 11.8 Å². The van der Waals surface area contributed by atoms with Gasteiger partial charge in [0.25, 0.3) is 0 Å². The van der Waals surface area contributed by atoms with Crippen LogP contribution in [0.25, 0.3) is 0 Å². The number of ether oxygens (including phenoxy) is 1. The molecule has 1 rings (SSSR count). The van der Waals surface area contributed by atoms with E-state index in [9.17, 15) is 5.11 Å². The predicted octanol–water partition coefficient (Wildman–Crippen LogP) is 2.22. The van der Waals surface area contributed by atoms with Crippen molar-refractivity contribution in [2.75, 3.05) is 19.7 Å². The Kier molecular flexibility index (Phi) is 8.28. The monoisotopic (exact) mass is 281 g/mol. The molecule has 4 heteroatoms. The summed E-state index contributed by atoms with van der Waals surface area (Å²) in [6.45, 7) is 3.81. The van der Waals surface area contributed by atoms with Crippen LogP contribution in [-0.4, -0.2) is 30.9 Å². The van der Waals surface area contributed by atoms with Crippen LogP contribution in [-0.2, 0) is 11.3 Å². The Balaban J connectivity index is 2.11. The van der Waals surface area contributed by atoms with Crippen LogP contribution in [0.1, 0.15) is 18.9 Å². The van der Waals surface area contributed by atoms with E-state index in [1.54, 1.807) is 0 Å². The molecule has 0 radical (unpaired) electrons. The molecule has 0 aliphatic rings. The van der Waals surface area contributed by atoms with Gasteiger partial charge in [-0.15, -0.1) is 11.8 Å². The highest BCUT2D eigenvalue weighted by atomic mass is 35.5. The van der Waals surface area contributed by atoms with Gasteiger partial charge in [0.1, 0.15) is 0 Å². The molecule has 0 bridgehead atoms. The van der Waals surface area contributed by atoms with E-state index < -0.39 is 6.10 Å². The number of aliphatic hydroxyl groups excluding tert-OH is 1. The highest BCUT2D eigenvalue weighted by Crippen LogP contribution is 2.15. The summed E-state index contributed by atoms with van der Waals surface area (Å²) in [5.41, 5.74) is 0.933. The standard InChI is InChI=1S/C15H20ClNO2/c1-2-3-6-9-17-10-14(18)12-19-11-13-7-4-5-8-15(13)16/h4-5,7-8,14,17-18H,6,9-12H2,1H3. The van der Waals surface area contributed by atoms with E-state index in [4.69, 9.17) is 16.3 Å². The van der Waals surface area contributed by atoms with Crippen molar-refractivity contribution in [2.24, 2.45) is 0 Å². The van der Waals surface area contributed by atoms with E-state index in [0.717, 1.165) is 18.5 Å². The Morgan fingerprint density at radius 2 is 2.21 bits per heavy atom. The lowest BCUT2D eigenvalue weighted by atomic mass is 10.2. The van der Waals surface area contributed by atoms with E-state index in [1.165, 1.54) is 0 Å². The summed E-state index contributed by atoms with van der Waals surface area (Å²) >= 11 is 6.00. The van der Waals surface area contributed by atoms with E-state index in [1.807, 2.05) is 31.2 Å². The summed E-state index contributed by atoms with van der Waals surface area (Å²) in [7, 11) is 0. The fourth-order valence-electron chi connectivity index (χ4n) is 1.52. The van der Waals surface area contributed by atoms with Gasteiger partial charge in [0.05, 0.1) is 19.3 Å². The van der Waals surface area contributed by atoms with Gasteiger partial charge in [0, 0.05) is 24.5 Å². The maximum Gasteiger partial charge on any atom is 0.0897 e. The van der Waals surface area contributed by atoms with Crippen molar-refractivity contribution in [1.29, 1.82) is 0 Å². The van der Waals surface area contributed by atoms with Gasteiger partial charge in [0.2, 0.25) is 0 Å². The SMILES string of the molecule is CC#CCCNCC(O)COCc1ccccc1Cl. The summed E-state index contributed by atoms with van der Waals surface area (Å²) in [5, 5.41) is 13.5. The van der Waals surface area contributed by atoms with E-state index in [2.05, 4.69) is 17.2 Å². The minimum absolute atomic E-state index is 0.289. The number of hydrogen-bond donors (Lipinski definition) is 2. The van der Waals surface area contributed by atoms with Crippen molar-refractivity contribution in [1.82, 2.24) is 5.32 Å². The number of benzene rings is 1. The maximum atomic E-state index is 9.70. The van der Waals surface area contributed by atoms with Crippen LogP contribution in [0.15, 0.2) is 24.3 Å². The molecular formula is C15H20ClNO2. The highest BCUT2D eigenvalue weighted by molar-refractivity contribution is 6.31. The van der Waals surface area contributed by atoms with Gasteiger partial charge in [0.15, 0.2) is 0 Å². The largest absolute Gasteiger partial charge is 0.389 e. The molecule has 1 unspecified atom stereocenters. The first-order valence-corrected chi connectivity index (χ1v) is 6.71. The molecule has 0 fully saturated rings. The van der Waals surface area contributed by atoms with Crippen LogP contribution in [0.5, 0.6) is 0 Å². The second-order valence-corrected chi connectivity index (χ2v) is 4.55. The fraction of sp³-hybridized carbons (Fsp3) is 0.467. The highest BCUT2D eigenvalue weighted by Gasteiger charge is 2.04. The van der Waals surface area contributed by atoms with Crippen molar-refractivity contribution < 1.29 is 9.84 Å². The molecule has 19 heavy (non-hydrogen) atoms. The fourth-order valence-corrected chi connectivity index (χ4v) is 1.71. The van der Waals surface area contributed by atoms with Crippen LogP contribution in [0.4, 0.5) is 0 Å². The first-order chi connectivity index (χ1) is 9.24. The molecular weight excluding hydrogens is 262 g/mol. The molecule has 0 heterocycles. The van der Waals surface area contributed by atoms with Gasteiger partial charge >= 0.3 is 0 Å². The first kappa shape index (κ1) is 16.0. The number of rotatable bonds is 8. The van der Waals surface area contributed by atoms with Gasteiger partial charge in [-0.2, -0.15) is 0 Å². The van der Waals surface area contributed by atoms with Gasteiger partial charge in [-0.05, 0) is 18.6 Å². The normalized spacial score (nSPS) is 11.7. The molecule has 0 aliphatic heterocycles. The van der Waals surface area contributed by atoms with Gasteiger partial charge in [-0.3, -0.25) is 0 Å². The van der Waals surface area contributed by atoms with Gasteiger partial charge in [-0.25, -0.2) is 0 Å². The lowest BCUT2D eigenvalue weighted by Gasteiger charge is -2.12. The van der Waals surface area contributed by atoms with Crippen LogP contribution in [0.2, 0.25) is 5.02 Å². The quantitative estimate of drug-likeness (QED) is 0.567. The lowest BCUT2D eigenvalue weighted by molar-refractivity contribution is 0.0290. The van der Waals surface area contributed by atoms with Crippen molar-refractivity contribution >= 4 is 11.6 Å². The third-order valence-electron chi connectivity index (χ3n) is 2.51. The second kappa shape index (κ2) is 9.82. The Bertz CT molecular complexity index is 426. The zero-order valence-corrected chi connectivity index (χ0v) is 11.9. The number of halogens is 1. The molecule has 1 atom stereocenters. The van der Waals surface area contributed by atoms with Gasteiger partial charge in [-0.1, -0.05) is 29.8 Å². The van der Waals surface area contributed by atoms with Crippen LogP contribution < -0.4 is 5.32 Å². The lowest BCUT2D eigenvalue weighted by Crippen LogP contribution is -2.30. The third kappa shape index (κ3) is 7.19. The van der Waals surface area contributed by atoms with Crippen LogP contribution >= 0.6 is 11.6 Å². The Morgan fingerprint density at radius 1 is 1.42 bits per heavy atom. The molecule has 3 nitrogen and oxygen atoms in total. The second-order valence-electron chi connectivity index (χ2n) is 4.14. The molecule has 1 aromatic carbocycles. The molecule has 2 N–H and O–H groups in total. The number of nitrogens with one attached hydrogen (secondary N) is 1. The molecule has 0 amide bonds. The summed E-state index contributed by atoms with van der Waals surface area (Å²) < 4.78 is 5.44. The van der Waals surface area contributed by atoms with E-state index in [0.29, 0.717) is 18.2 Å². The summed E-state index contributed by atoms with van der Waals surface area (Å²) in [4.78, 5) is 0. The van der Waals surface area contributed by atoms with Crippen molar-refractivity contribution in [2.45, 2.75) is 26.1 Å². The molecule has 0 aliphatic carbocycles. The average molecular weight is 282 g/mol. The average Bonchev–Trinajstić information content (AvgIpc) is 2.41. The zero-order chi connectivity index (χ0) is 13.9. The molecule has 0 saturated carbocycles. The summed E-state index contributed by atoms with van der Waals surface area (Å²) in [6.07, 6.45) is 0.279. The van der Waals surface area contributed by atoms with Gasteiger partial charge < -0.3 is 15.2 Å². The smallest absolute Gasteiger partial charge is 0.0897 e. The van der Waals surface area contributed by atoms with E-state index >= 15 is 0 Å². The topological polar surface area (TPSA) is 41.5 Å². The summed E-state index contributed by atoms with van der Waals surface area (Å²) in [6, 6.07) is 7.53. The minimum atomic E-state index is -0.517. The Morgan fingerprint density at radius 3 is 2.95 bits per heavy atom. The van der Waals surface area contributed by atoms with Crippen molar-refractivity contribution in [3.05, 3.63) is 34.9 Å². The Hall–Kier alpha value is -1.05. The third-order valence-corrected chi connectivity index (χ3v) is 2.88. The predicted molar refractivity (Wildman–Crippen MR) is 78.1 cm³/mol. The van der Waals surface area contributed by atoms with Crippen molar-refractivity contribution in [3.63, 3.8) is 0 Å². The first-order valence-electron chi connectivity index (χ1n) is 6.33. The number of hydrogen-bond acceptors (Lipinski definition) is 3. The van der Waals surface area contributed by atoms with E-state index in [-0.39, 0.29) is 6.61 Å². The molecule has 0 spiro atoms. The molecule has 0 saturated heterocycles. The number of aliphatic hydroxyl groups is 1. The Labute approximate surface area is 119 Å². The van der Waals surface area contributed by atoms with Crippen LogP contribution in [0.3, 0.4) is 0 Å². The molecule has 104 valence electrons. The molecule has 0 aromatic heterocycles. The molecule has 1 aromatic rings. The maximum absolute atomic E-state index is 9.70.